The van der Waals surface area contributed by atoms with Gasteiger partial charge in [-0.25, -0.2) is 4.79 Å². The van der Waals surface area contributed by atoms with Crippen LogP contribution in [-0.4, -0.2) is 48.8 Å². The van der Waals surface area contributed by atoms with Crippen LogP contribution in [0.3, 0.4) is 0 Å². The molecule has 0 radical (unpaired) electrons. The molecule has 28 heavy (non-hydrogen) atoms. The van der Waals surface area contributed by atoms with Crippen molar-refractivity contribution in [1.29, 1.82) is 0 Å². The lowest BCUT2D eigenvalue weighted by atomic mass is 9.81. The summed E-state index contributed by atoms with van der Waals surface area (Å²) in [7, 11) is 1.59. The van der Waals surface area contributed by atoms with Crippen molar-refractivity contribution in [3.8, 4) is 11.5 Å². The summed E-state index contributed by atoms with van der Waals surface area (Å²) in [6.07, 6.45) is 3.37. The molecule has 3 rings (SSSR count). The zero-order chi connectivity index (χ0) is 20.3. The standard InChI is InChI=1S/C21H30N2O5/c1-4-10-28-17-8-7-15(11-18(17)27-3)14(2)22-20(26)23-12-16-6-5-9-21(16,13-23)19(24)25/h7-8,11,14,16H,4-6,9-10,12-13H2,1-3H3,(H,22,26)(H,24,25)/t14?,16-,21+/m0/s1. The highest BCUT2D eigenvalue weighted by atomic mass is 16.5. The molecule has 1 aliphatic heterocycles. The molecule has 154 valence electrons. The van der Waals surface area contributed by atoms with Crippen LogP contribution >= 0.6 is 0 Å². The molecule has 2 N–H and O–H groups in total. The Labute approximate surface area is 166 Å². The molecule has 2 amide bonds. The minimum atomic E-state index is -0.772. The van der Waals surface area contributed by atoms with Gasteiger partial charge in [0.1, 0.15) is 0 Å². The number of urea groups is 1. The van der Waals surface area contributed by atoms with Crippen LogP contribution in [0, 0.1) is 11.3 Å². The largest absolute Gasteiger partial charge is 0.493 e. The van der Waals surface area contributed by atoms with Crippen molar-refractivity contribution in [2.75, 3.05) is 26.8 Å². The summed E-state index contributed by atoms with van der Waals surface area (Å²) in [5.41, 5.74) is 0.142. The lowest BCUT2D eigenvalue weighted by Gasteiger charge is -2.25. The number of hydrogen-bond acceptors (Lipinski definition) is 4. The summed E-state index contributed by atoms with van der Waals surface area (Å²) < 4.78 is 11.1. The maximum Gasteiger partial charge on any atom is 0.317 e. The summed E-state index contributed by atoms with van der Waals surface area (Å²) in [6.45, 7) is 5.36. The predicted molar refractivity (Wildman–Crippen MR) is 105 cm³/mol. The Hall–Kier alpha value is -2.44. The average Bonchev–Trinajstić information content (AvgIpc) is 3.24. The first-order valence-electron chi connectivity index (χ1n) is 10.0. The summed E-state index contributed by atoms with van der Waals surface area (Å²) >= 11 is 0. The van der Waals surface area contributed by atoms with Crippen molar-refractivity contribution in [3.63, 3.8) is 0 Å². The van der Waals surface area contributed by atoms with Crippen LogP contribution in [-0.2, 0) is 4.79 Å². The van der Waals surface area contributed by atoms with Gasteiger partial charge in [0, 0.05) is 13.1 Å². The first-order valence-corrected chi connectivity index (χ1v) is 10.0. The number of nitrogens with zero attached hydrogens (tertiary/aromatic N) is 1. The highest BCUT2D eigenvalue weighted by molar-refractivity contribution is 5.80. The number of carbonyl (C=O) groups excluding carboxylic acids is 1. The Morgan fingerprint density at radius 1 is 1.39 bits per heavy atom. The topological polar surface area (TPSA) is 88.1 Å². The normalized spacial score (nSPS) is 24.5. The highest BCUT2D eigenvalue weighted by Gasteiger charge is 2.55. The third kappa shape index (κ3) is 3.75. The quantitative estimate of drug-likeness (QED) is 0.745. The number of carbonyl (C=O) groups is 2. The van der Waals surface area contributed by atoms with E-state index in [2.05, 4.69) is 5.32 Å². The fourth-order valence-corrected chi connectivity index (χ4v) is 4.44. The van der Waals surface area contributed by atoms with Crippen LogP contribution in [0.25, 0.3) is 0 Å². The van der Waals surface area contributed by atoms with Crippen LogP contribution in [0.5, 0.6) is 11.5 Å². The molecule has 1 unspecified atom stereocenters. The van der Waals surface area contributed by atoms with Crippen molar-refractivity contribution in [1.82, 2.24) is 10.2 Å². The number of nitrogens with one attached hydrogen (secondary N) is 1. The Morgan fingerprint density at radius 2 is 2.18 bits per heavy atom. The molecular weight excluding hydrogens is 360 g/mol. The van der Waals surface area contributed by atoms with E-state index in [9.17, 15) is 14.7 Å². The monoisotopic (exact) mass is 390 g/mol. The zero-order valence-corrected chi connectivity index (χ0v) is 16.9. The smallest absolute Gasteiger partial charge is 0.317 e. The van der Waals surface area contributed by atoms with Crippen molar-refractivity contribution in [2.24, 2.45) is 11.3 Å². The van der Waals surface area contributed by atoms with E-state index in [4.69, 9.17) is 9.47 Å². The molecule has 2 aliphatic rings. The van der Waals surface area contributed by atoms with Gasteiger partial charge in [-0.15, -0.1) is 0 Å². The van der Waals surface area contributed by atoms with Gasteiger partial charge in [0.15, 0.2) is 11.5 Å². The fraction of sp³-hybridized carbons (Fsp3) is 0.619. The Kier molecular flexibility index (Phi) is 6.01. The molecule has 2 fully saturated rings. The van der Waals surface area contributed by atoms with Gasteiger partial charge in [-0.3, -0.25) is 4.79 Å². The number of carboxylic acid groups (broad SMARTS) is 1. The van der Waals surface area contributed by atoms with E-state index < -0.39 is 11.4 Å². The summed E-state index contributed by atoms with van der Waals surface area (Å²) in [5, 5.41) is 12.7. The molecule has 1 aliphatic carbocycles. The fourth-order valence-electron chi connectivity index (χ4n) is 4.44. The molecule has 1 aromatic rings. The van der Waals surface area contributed by atoms with Gasteiger partial charge in [0.25, 0.3) is 0 Å². The van der Waals surface area contributed by atoms with Crippen LogP contribution in [0.4, 0.5) is 4.79 Å². The number of amides is 2. The van der Waals surface area contributed by atoms with Crippen LogP contribution < -0.4 is 14.8 Å². The third-order valence-corrected chi connectivity index (χ3v) is 6.07. The first kappa shape index (κ1) is 20.3. The molecule has 0 spiro atoms. The van der Waals surface area contributed by atoms with Crippen molar-refractivity contribution < 1.29 is 24.2 Å². The Balaban J connectivity index is 1.65. The van der Waals surface area contributed by atoms with E-state index in [1.165, 1.54) is 0 Å². The molecular formula is C21H30N2O5. The summed E-state index contributed by atoms with van der Waals surface area (Å²) in [5.74, 6) is 0.599. The van der Waals surface area contributed by atoms with Crippen molar-refractivity contribution in [2.45, 2.75) is 45.6 Å². The molecule has 7 nitrogen and oxygen atoms in total. The summed E-state index contributed by atoms with van der Waals surface area (Å²) in [4.78, 5) is 26.2. The minimum Gasteiger partial charge on any atom is -0.493 e. The number of rotatable bonds is 7. The van der Waals surface area contributed by atoms with E-state index in [0.29, 0.717) is 37.6 Å². The molecule has 1 saturated heterocycles. The maximum absolute atomic E-state index is 12.8. The number of fused-ring (bicyclic) bond motifs is 1. The summed E-state index contributed by atoms with van der Waals surface area (Å²) in [6, 6.07) is 5.19. The van der Waals surface area contributed by atoms with Gasteiger partial charge in [-0.1, -0.05) is 19.4 Å². The molecule has 1 saturated carbocycles. The van der Waals surface area contributed by atoms with Crippen molar-refractivity contribution in [3.05, 3.63) is 23.8 Å². The van der Waals surface area contributed by atoms with E-state index >= 15 is 0 Å². The SMILES string of the molecule is CCCOc1ccc(C(C)NC(=O)N2C[C@@H]3CCC[C@@]3(C(=O)O)C2)cc1OC. The molecule has 0 bridgehead atoms. The highest BCUT2D eigenvalue weighted by Crippen LogP contribution is 2.48. The molecule has 1 aromatic carbocycles. The van der Waals surface area contributed by atoms with Gasteiger partial charge in [0.2, 0.25) is 0 Å². The second kappa shape index (κ2) is 8.29. The second-order valence-electron chi connectivity index (χ2n) is 7.86. The number of likely N-dealkylation sites (tertiary alicyclic amines) is 1. The molecule has 3 atom stereocenters. The molecule has 0 aromatic heterocycles. The lowest BCUT2D eigenvalue weighted by molar-refractivity contribution is -0.149. The minimum absolute atomic E-state index is 0.0566. The first-order chi connectivity index (χ1) is 13.4. The van der Waals surface area contributed by atoms with Gasteiger partial charge in [0.05, 0.1) is 25.2 Å². The van der Waals surface area contributed by atoms with Crippen LogP contribution in [0.1, 0.15) is 51.1 Å². The van der Waals surface area contributed by atoms with E-state index in [-0.39, 0.29) is 18.0 Å². The zero-order valence-electron chi connectivity index (χ0n) is 16.9. The Bertz CT molecular complexity index is 738. The number of benzene rings is 1. The van der Waals surface area contributed by atoms with Crippen LogP contribution in [0.2, 0.25) is 0 Å². The number of ether oxygens (including phenoxy) is 2. The lowest BCUT2D eigenvalue weighted by Crippen LogP contribution is -2.42. The van der Waals surface area contributed by atoms with E-state index in [0.717, 1.165) is 24.8 Å². The van der Waals surface area contributed by atoms with Gasteiger partial charge in [-0.05, 0) is 49.8 Å². The number of hydrogen-bond donors (Lipinski definition) is 2. The number of carboxylic acids is 1. The van der Waals surface area contributed by atoms with Gasteiger partial charge >= 0.3 is 12.0 Å². The number of methoxy groups -OCH3 is 1. The third-order valence-electron chi connectivity index (χ3n) is 6.07. The van der Waals surface area contributed by atoms with E-state index in [1.807, 2.05) is 32.0 Å². The van der Waals surface area contributed by atoms with Crippen molar-refractivity contribution >= 4 is 12.0 Å². The maximum atomic E-state index is 12.8. The van der Waals surface area contributed by atoms with E-state index in [1.54, 1.807) is 12.0 Å². The Morgan fingerprint density at radius 3 is 2.82 bits per heavy atom. The molecule has 1 heterocycles. The second-order valence-corrected chi connectivity index (χ2v) is 7.86. The van der Waals surface area contributed by atoms with Crippen LogP contribution in [0.15, 0.2) is 18.2 Å². The van der Waals surface area contributed by atoms with Gasteiger partial charge < -0.3 is 24.8 Å². The average molecular weight is 390 g/mol. The molecule has 7 heteroatoms. The number of aliphatic carboxylic acids is 1. The predicted octanol–water partition coefficient (Wildman–Crippen LogP) is 3.44. The van der Waals surface area contributed by atoms with Gasteiger partial charge in [-0.2, -0.15) is 0 Å².